The zero-order valence-electron chi connectivity index (χ0n) is 20.0. The number of para-hydroxylation sites is 1. The lowest BCUT2D eigenvalue weighted by Gasteiger charge is -2.36. The second kappa shape index (κ2) is 9.97. The molecule has 0 bridgehead atoms. The third-order valence-electron chi connectivity index (χ3n) is 6.87. The van der Waals surface area contributed by atoms with Crippen LogP contribution in [0.2, 0.25) is 0 Å². The van der Waals surface area contributed by atoms with Gasteiger partial charge in [-0.2, -0.15) is 0 Å². The van der Waals surface area contributed by atoms with Gasteiger partial charge in [-0.1, -0.05) is 55.5 Å². The smallest absolute Gasteiger partial charge is 0.335 e. The van der Waals surface area contributed by atoms with Crippen LogP contribution in [-0.2, 0) is 0 Å². The fraction of sp³-hybridized carbons (Fsp3) is 0.233. The first kappa shape index (κ1) is 23.8. The van der Waals surface area contributed by atoms with Crippen LogP contribution in [0.4, 0.5) is 20.2 Å². The second-order valence-corrected chi connectivity index (χ2v) is 9.34. The van der Waals surface area contributed by atoms with Gasteiger partial charge in [0, 0.05) is 5.69 Å². The van der Waals surface area contributed by atoms with Gasteiger partial charge in [0.15, 0.2) is 11.6 Å². The normalized spacial score (nSPS) is 15.9. The molecule has 184 valence electrons. The third-order valence-corrected chi connectivity index (χ3v) is 6.87. The molecule has 1 aliphatic heterocycles. The Bertz CT molecular complexity index is 1420. The van der Waals surface area contributed by atoms with Crippen molar-refractivity contribution in [1.29, 1.82) is 0 Å². The van der Waals surface area contributed by atoms with Crippen molar-refractivity contribution in [1.82, 2.24) is 0 Å². The molecule has 5 rings (SSSR count). The van der Waals surface area contributed by atoms with Gasteiger partial charge in [0.2, 0.25) is 0 Å². The molecule has 0 fully saturated rings. The van der Waals surface area contributed by atoms with Crippen molar-refractivity contribution in [3.05, 3.63) is 102 Å². The van der Waals surface area contributed by atoms with E-state index in [0.717, 1.165) is 18.9 Å². The Hall–Kier alpha value is -3.93. The average molecular weight is 488 g/mol. The van der Waals surface area contributed by atoms with E-state index in [0.29, 0.717) is 30.3 Å². The molecule has 1 heterocycles. The van der Waals surface area contributed by atoms with Crippen molar-refractivity contribution in [3.63, 3.8) is 0 Å². The van der Waals surface area contributed by atoms with E-state index in [1.165, 1.54) is 34.5 Å². The van der Waals surface area contributed by atoms with Gasteiger partial charge >= 0.3 is 5.97 Å². The Morgan fingerprint density at radius 2 is 1.83 bits per heavy atom. The molecule has 36 heavy (non-hydrogen) atoms. The second-order valence-electron chi connectivity index (χ2n) is 9.34. The molecule has 0 saturated heterocycles. The summed E-state index contributed by atoms with van der Waals surface area (Å²) >= 11 is 0. The van der Waals surface area contributed by atoms with Crippen molar-refractivity contribution < 1.29 is 23.4 Å². The Morgan fingerprint density at radius 3 is 2.67 bits per heavy atom. The van der Waals surface area contributed by atoms with E-state index in [-0.39, 0.29) is 17.4 Å². The van der Waals surface area contributed by atoms with Crippen molar-refractivity contribution in [3.8, 4) is 5.75 Å². The van der Waals surface area contributed by atoms with Gasteiger partial charge in [-0.05, 0) is 71.8 Å². The summed E-state index contributed by atoms with van der Waals surface area (Å²) in [6.07, 6.45) is 2.14. The van der Waals surface area contributed by atoms with Gasteiger partial charge in [0.25, 0.3) is 0 Å². The number of ether oxygens (including phenoxy) is 1. The fourth-order valence-corrected chi connectivity index (χ4v) is 5.07. The number of carboxylic acid groups (broad SMARTS) is 1. The van der Waals surface area contributed by atoms with E-state index in [1.807, 2.05) is 6.07 Å². The Kier molecular flexibility index (Phi) is 6.59. The van der Waals surface area contributed by atoms with E-state index in [4.69, 9.17) is 4.74 Å². The number of hydrogen-bond donors (Lipinski definition) is 1. The lowest BCUT2D eigenvalue weighted by molar-refractivity contribution is 0.0696. The molecule has 4 nitrogen and oxygen atoms in total. The number of benzene rings is 4. The molecule has 0 aromatic heterocycles. The minimum Gasteiger partial charge on any atom is -0.483 e. The molecule has 6 heteroatoms. The van der Waals surface area contributed by atoms with Gasteiger partial charge in [0.05, 0.1) is 17.8 Å². The van der Waals surface area contributed by atoms with Crippen LogP contribution in [0.1, 0.15) is 48.0 Å². The van der Waals surface area contributed by atoms with Crippen LogP contribution in [0.3, 0.4) is 0 Å². The van der Waals surface area contributed by atoms with Gasteiger partial charge < -0.3 is 14.7 Å². The highest BCUT2D eigenvalue weighted by Gasteiger charge is 2.29. The number of halogens is 2. The van der Waals surface area contributed by atoms with E-state index in [9.17, 15) is 18.7 Å². The molecule has 1 unspecified atom stereocenters. The summed E-state index contributed by atoms with van der Waals surface area (Å²) in [6.45, 7) is 2.58. The van der Waals surface area contributed by atoms with Gasteiger partial charge in [-0.25, -0.2) is 13.6 Å². The average Bonchev–Trinajstić information content (AvgIpc) is 2.88. The van der Waals surface area contributed by atoms with Gasteiger partial charge in [-0.3, -0.25) is 0 Å². The van der Waals surface area contributed by atoms with E-state index >= 15 is 0 Å². The molecular formula is C30H27F2NO3. The predicted octanol–water partition coefficient (Wildman–Crippen LogP) is 7.69. The maximum Gasteiger partial charge on any atom is 0.335 e. The van der Waals surface area contributed by atoms with Crippen LogP contribution in [0, 0.1) is 11.6 Å². The highest BCUT2D eigenvalue weighted by Crippen LogP contribution is 2.41. The van der Waals surface area contributed by atoms with Crippen LogP contribution < -0.4 is 9.64 Å². The quantitative estimate of drug-likeness (QED) is 0.290. The molecule has 4 aromatic rings. The summed E-state index contributed by atoms with van der Waals surface area (Å²) in [5.74, 6) is -1.93. The molecule has 4 aromatic carbocycles. The third kappa shape index (κ3) is 4.76. The SMILES string of the molecule is C[C@@H](CCCC1CN(c2cc(F)cc(C(=O)O)c2)c2cccc(F)c2O1)c1cccc2ccccc12. The number of anilines is 2. The van der Waals surface area contributed by atoms with Gasteiger partial charge in [0.1, 0.15) is 11.9 Å². The zero-order chi connectivity index (χ0) is 25.2. The number of rotatable bonds is 7. The molecule has 0 aliphatic carbocycles. The molecule has 1 aliphatic rings. The first-order chi connectivity index (χ1) is 17.4. The van der Waals surface area contributed by atoms with Crippen molar-refractivity contribution in [2.24, 2.45) is 0 Å². The Balaban J connectivity index is 1.35. The van der Waals surface area contributed by atoms with Crippen molar-refractivity contribution >= 4 is 28.1 Å². The number of fused-ring (bicyclic) bond motifs is 2. The summed E-state index contributed by atoms with van der Waals surface area (Å²) in [4.78, 5) is 13.2. The van der Waals surface area contributed by atoms with Crippen LogP contribution in [0.5, 0.6) is 5.75 Å². The number of hydrogen-bond acceptors (Lipinski definition) is 3. The van der Waals surface area contributed by atoms with Crippen molar-refractivity contribution in [2.45, 2.75) is 38.2 Å². The molecule has 2 atom stereocenters. The predicted molar refractivity (Wildman–Crippen MR) is 137 cm³/mol. The maximum absolute atomic E-state index is 14.7. The topological polar surface area (TPSA) is 49.8 Å². The highest BCUT2D eigenvalue weighted by molar-refractivity contribution is 5.89. The number of carboxylic acids is 1. The largest absolute Gasteiger partial charge is 0.483 e. The minimum atomic E-state index is -1.22. The molecule has 0 radical (unpaired) electrons. The number of carbonyl (C=O) groups is 1. The molecule has 0 saturated carbocycles. The van der Waals surface area contributed by atoms with E-state index < -0.39 is 17.6 Å². The minimum absolute atomic E-state index is 0.108. The first-order valence-corrected chi connectivity index (χ1v) is 12.1. The van der Waals surface area contributed by atoms with Gasteiger partial charge in [-0.15, -0.1) is 0 Å². The summed E-state index contributed by atoms with van der Waals surface area (Å²) < 4.78 is 35.0. The summed E-state index contributed by atoms with van der Waals surface area (Å²) in [6, 6.07) is 23.0. The lowest BCUT2D eigenvalue weighted by Crippen LogP contribution is -2.37. The molecular weight excluding hydrogens is 460 g/mol. The molecule has 1 N–H and O–H groups in total. The lowest BCUT2D eigenvalue weighted by atomic mass is 9.90. The van der Waals surface area contributed by atoms with E-state index in [1.54, 1.807) is 17.0 Å². The molecule has 0 spiro atoms. The summed E-state index contributed by atoms with van der Waals surface area (Å²) in [5, 5.41) is 11.9. The monoisotopic (exact) mass is 487 g/mol. The van der Waals surface area contributed by atoms with Crippen molar-refractivity contribution in [2.75, 3.05) is 11.4 Å². The maximum atomic E-state index is 14.7. The standard InChI is InChI=1S/C30H27F2NO3/c1-19(25-12-5-9-20-8-2-3-11-26(20)25)7-4-10-24-18-33(28-14-6-13-27(32)29(28)36-24)23-16-21(30(34)35)15-22(31)17-23/h2-3,5-6,8-9,11-17,19,24H,4,7,10,18H2,1H3,(H,34,35)/t19-,24?/m0/s1. The number of aromatic carboxylic acids is 1. The van der Waals surface area contributed by atoms with Crippen LogP contribution in [0.25, 0.3) is 10.8 Å². The summed E-state index contributed by atoms with van der Waals surface area (Å²) in [5.41, 5.74) is 1.96. The number of nitrogens with zero attached hydrogens (tertiary/aromatic N) is 1. The van der Waals surface area contributed by atoms with E-state index in [2.05, 4.69) is 43.3 Å². The summed E-state index contributed by atoms with van der Waals surface area (Å²) in [7, 11) is 0. The highest BCUT2D eigenvalue weighted by atomic mass is 19.1. The van der Waals surface area contributed by atoms with Crippen LogP contribution in [-0.4, -0.2) is 23.7 Å². The Morgan fingerprint density at radius 1 is 1.06 bits per heavy atom. The zero-order valence-corrected chi connectivity index (χ0v) is 20.0. The molecule has 0 amide bonds. The van der Waals surface area contributed by atoms with Crippen LogP contribution >= 0.6 is 0 Å². The van der Waals surface area contributed by atoms with Crippen LogP contribution in [0.15, 0.2) is 78.9 Å². The fourth-order valence-electron chi connectivity index (χ4n) is 5.07. The first-order valence-electron chi connectivity index (χ1n) is 12.1. The Labute approximate surface area is 208 Å².